The summed E-state index contributed by atoms with van der Waals surface area (Å²) >= 11 is 0. The molecule has 5 nitrogen and oxygen atoms in total. The molecular formula is C12H12FNO4. The van der Waals surface area contributed by atoms with E-state index in [4.69, 9.17) is 4.74 Å². The number of anilines is 1. The van der Waals surface area contributed by atoms with E-state index in [1.54, 1.807) is 0 Å². The maximum Gasteiger partial charge on any atom is 0.338 e. The quantitative estimate of drug-likeness (QED) is 0.707. The summed E-state index contributed by atoms with van der Waals surface area (Å²) in [5, 5.41) is 0. The Morgan fingerprint density at radius 3 is 2.83 bits per heavy atom. The van der Waals surface area contributed by atoms with Gasteiger partial charge in [-0.05, 0) is 13.0 Å². The maximum absolute atomic E-state index is 14.1. The number of amides is 1. The molecule has 0 atom stereocenters. The van der Waals surface area contributed by atoms with Crippen LogP contribution in [0.15, 0.2) is 6.07 Å². The highest BCUT2D eigenvalue weighted by atomic mass is 19.1. The van der Waals surface area contributed by atoms with E-state index in [9.17, 15) is 14.0 Å². The molecular weight excluding hydrogens is 241 g/mol. The highest BCUT2D eigenvalue weighted by Crippen LogP contribution is 2.37. The van der Waals surface area contributed by atoms with Crippen molar-refractivity contribution in [1.29, 1.82) is 0 Å². The van der Waals surface area contributed by atoms with Crippen molar-refractivity contribution in [2.45, 2.75) is 6.92 Å². The average molecular weight is 253 g/mol. The van der Waals surface area contributed by atoms with Gasteiger partial charge in [-0.15, -0.1) is 0 Å². The second-order valence-electron chi connectivity index (χ2n) is 3.94. The Morgan fingerprint density at radius 1 is 1.56 bits per heavy atom. The smallest absolute Gasteiger partial charge is 0.338 e. The predicted octanol–water partition coefficient (Wildman–Crippen LogP) is 1.28. The molecule has 0 aromatic heterocycles. The summed E-state index contributed by atoms with van der Waals surface area (Å²) < 4.78 is 23.7. The van der Waals surface area contributed by atoms with Crippen LogP contribution >= 0.6 is 0 Å². The SMILES string of the molecule is COC(=O)c1cc2c(c(F)c1C)OCC(=O)N2C. The van der Waals surface area contributed by atoms with Gasteiger partial charge in [-0.3, -0.25) is 4.79 Å². The van der Waals surface area contributed by atoms with Gasteiger partial charge in [0.05, 0.1) is 18.4 Å². The Bertz CT molecular complexity index is 541. The summed E-state index contributed by atoms with van der Waals surface area (Å²) in [5.74, 6) is -1.61. The third kappa shape index (κ3) is 1.70. The van der Waals surface area contributed by atoms with Gasteiger partial charge in [-0.2, -0.15) is 0 Å². The second kappa shape index (κ2) is 4.29. The van der Waals surface area contributed by atoms with Crippen molar-refractivity contribution in [3.63, 3.8) is 0 Å². The van der Waals surface area contributed by atoms with Crippen LogP contribution in [0.5, 0.6) is 5.75 Å². The summed E-state index contributed by atoms with van der Waals surface area (Å²) in [6.07, 6.45) is 0. The predicted molar refractivity (Wildman–Crippen MR) is 61.4 cm³/mol. The number of ether oxygens (including phenoxy) is 2. The van der Waals surface area contributed by atoms with Crippen molar-refractivity contribution in [3.05, 3.63) is 23.0 Å². The van der Waals surface area contributed by atoms with Crippen LogP contribution in [-0.4, -0.2) is 32.6 Å². The lowest BCUT2D eigenvalue weighted by Crippen LogP contribution is -2.36. The number of rotatable bonds is 1. The van der Waals surface area contributed by atoms with Gasteiger partial charge in [0, 0.05) is 12.6 Å². The molecule has 1 aliphatic heterocycles. The molecule has 96 valence electrons. The fourth-order valence-electron chi connectivity index (χ4n) is 1.78. The molecule has 1 aromatic rings. The average Bonchev–Trinajstić information content (AvgIpc) is 2.37. The van der Waals surface area contributed by atoms with Crippen LogP contribution in [0.2, 0.25) is 0 Å². The van der Waals surface area contributed by atoms with Crippen molar-refractivity contribution >= 4 is 17.6 Å². The lowest BCUT2D eigenvalue weighted by Gasteiger charge is -2.27. The second-order valence-corrected chi connectivity index (χ2v) is 3.94. The minimum absolute atomic E-state index is 0.0118. The van der Waals surface area contributed by atoms with E-state index in [0.29, 0.717) is 0 Å². The first-order valence-electron chi connectivity index (χ1n) is 5.28. The largest absolute Gasteiger partial charge is 0.478 e. The Morgan fingerprint density at radius 2 is 2.22 bits per heavy atom. The molecule has 0 bridgehead atoms. The fraction of sp³-hybridized carbons (Fsp3) is 0.333. The van der Waals surface area contributed by atoms with E-state index in [2.05, 4.69) is 4.74 Å². The monoisotopic (exact) mass is 253 g/mol. The minimum Gasteiger partial charge on any atom is -0.478 e. The topological polar surface area (TPSA) is 55.8 Å². The highest BCUT2D eigenvalue weighted by molar-refractivity contribution is 6.00. The van der Waals surface area contributed by atoms with Crippen LogP contribution < -0.4 is 9.64 Å². The number of halogens is 1. The van der Waals surface area contributed by atoms with Gasteiger partial charge in [-0.1, -0.05) is 0 Å². The normalized spacial score (nSPS) is 14.0. The van der Waals surface area contributed by atoms with E-state index in [-0.39, 0.29) is 35.1 Å². The van der Waals surface area contributed by atoms with Crippen LogP contribution in [0.3, 0.4) is 0 Å². The van der Waals surface area contributed by atoms with Crippen molar-refractivity contribution in [2.75, 3.05) is 25.7 Å². The zero-order chi connectivity index (χ0) is 13.4. The Labute approximate surface area is 103 Å². The molecule has 1 aromatic carbocycles. The number of carbonyl (C=O) groups is 2. The van der Waals surface area contributed by atoms with Crippen molar-refractivity contribution in [3.8, 4) is 5.75 Å². The Kier molecular flexibility index (Phi) is 2.94. The molecule has 0 saturated carbocycles. The first-order chi connectivity index (χ1) is 8.47. The molecule has 0 unspecified atom stereocenters. The summed E-state index contributed by atoms with van der Waals surface area (Å²) in [6, 6.07) is 1.40. The number of nitrogens with zero attached hydrogens (tertiary/aromatic N) is 1. The fourth-order valence-corrected chi connectivity index (χ4v) is 1.78. The van der Waals surface area contributed by atoms with E-state index in [1.165, 1.54) is 32.0 Å². The van der Waals surface area contributed by atoms with Crippen LogP contribution in [0.4, 0.5) is 10.1 Å². The number of hydrogen-bond donors (Lipinski definition) is 0. The van der Waals surface area contributed by atoms with Gasteiger partial charge in [-0.25, -0.2) is 9.18 Å². The molecule has 1 heterocycles. The van der Waals surface area contributed by atoms with Gasteiger partial charge >= 0.3 is 5.97 Å². The van der Waals surface area contributed by atoms with E-state index >= 15 is 0 Å². The number of methoxy groups -OCH3 is 1. The lowest BCUT2D eigenvalue weighted by molar-refractivity contribution is -0.121. The number of esters is 1. The zero-order valence-electron chi connectivity index (χ0n) is 10.2. The van der Waals surface area contributed by atoms with Crippen LogP contribution in [0.1, 0.15) is 15.9 Å². The van der Waals surface area contributed by atoms with Gasteiger partial charge in [0.25, 0.3) is 5.91 Å². The van der Waals surface area contributed by atoms with E-state index < -0.39 is 11.8 Å². The van der Waals surface area contributed by atoms with Crippen LogP contribution in [0, 0.1) is 12.7 Å². The van der Waals surface area contributed by atoms with Gasteiger partial charge in [0.15, 0.2) is 18.2 Å². The summed E-state index contributed by atoms with van der Waals surface area (Å²) in [7, 11) is 2.71. The number of hydrogen-bond acceptors (Lipinski definition) is 4. The third-order valence-electron chi connectivity index (χ3n) is 2.93. The summed E-state index contributed by atoms with van der Waals surface area (Å²) in [5.41, 5.74) is 0.456. The Hall–Kier alpha value is -2.11. The van der Waals surface area contributed by atoms with E-state index in [0.717, 1.165) is 0 Å². The molecule has 0 N–H and O–H groups in total. The van der Waals surface area contributed by atoms with Crippen molar-refractivity contribution in [1.82, 2.24) is 0 Å². The summed E-state index contributed by atoms with van der Waals surface area (Å²) in [6.45, 7) is 1.25. The Balaban J connectivity index is 2.65. The molecule has 1 aliphatic rings. The van der Waals surface area contributed by atoms with Crippen molar-refractivity contribution in [2.24, 2.45) is 0 Å². The maximum atomic E-state index is 14.1. The van der Waals surface area contributed by atoms with Crippen LogP contribution in [-0.2, 0) is 9.53 Å². The number of likely N-dealkylation sites (N-methyl/N-ethyl adjacent to an activating group) is 1. The molecule has 0 saturated heterocycles. The minimum atomic E-state index is -0.652. The molecule has 0 radical (unpaired) electrons. The molecule has 2 rings (SSSR count). The molecule has 18 heavy (non-hydrogen) atoms. The molecule has 0 fully saturated rings. The van der Waals surface area contributed by atoms with Gasteiger partial charge in [0.2, 0.25) is 0 Å². The highest BCUT2D eigenvalue weighted by Gasteiger charge is 2.29. The third-order valence-corrected chi connectivity index (χ3v) is 2.93. The molecule has 0 spiro atoms. The van der Waals surface area contributed by atoms with Gasteiger partial charge < -0.3 is 14.4 Å². The lowest BCUT2D eigenvalue weighted by atomic mass is 10.0. The number of fused-ring (bicyclic) bond motifs is 1. The van der Waals surface area contributed by atoms with Gasteiger partial charge in [0.1, 0.15) is 0 Å². The number of carbonyl (C=O) groups excluding carboxylic acids is 2. The first kappa shape index (κ1) is 12.3. The molecule has 1 amide bonds. The zero-order valence-corrected chi connectivity index (χ0v) is 10.2. The van der Waals surface area contributed by atoms with E-state index in [1.807, 2.05) is 0 Å². The molecule has 6 heteroatoms. The first-order valence-corrected chi connectivity index (χ1v) is 5.28. The summed E-state index contributed by atoms with van der Waals surface area (Å²) in [4.78, 5) is 24.3. The molecule has 0 aliphatic carbocycles. The number of benzene rings is 1. The van der Waals surface area contributed by atoms with Crippen molar-refractivity contribution < 1.29 is 23.5 Å². The standard InChI is InChI=1S/C12H12FNO4/c1-6-7(12(16)17-3)4-8-11(10(6)13)18-5-9(15)14(8)2/h4H,5H2,1-3H3. The van der Waals surface area contributed by atoms with Crippen LogP contribution in [0.25, 0.3) is 0 Å².